The maximum Gasteiger partial charge on any atom is 0.341 e. The van der Waals surface area contributed by atoms with Gasteiger partial charge in [0, 0.05) is 25.2 Å². The number of rotatable bonds is 3. The Kier molecular flexibility index (Phi) is 3.65. The molecule has 2 aliphatic rings. The molecule has 3 rings (SSSR count). The summed E-state index contributed by atoms with van der Waals surface area (Å²) in [5.41, 5.74) is 0.877. The Morgan fingerprint density at radius 3 is 2.48 bits per heavy atom. The third kappa shape index (κ3) is 2.52. The summed E-state index contributed by atoms with van der Waals surface area (Å²) in [6.07, 6.45) is 5.98. The fraction of sp³-hybridized carbons (Fsp3) is 0.733. The third-order valence-corrected chi connectivity index (χ3v) is 5.12. The molecule has 0 saturated carbocycles. The lowest BCUT2D eigenvalue weighted by atomic mass is 9.82. The number of piperidine rings is 2. The topological polar surface area (TPSA) is 70.4 Å². The van der Waals surface area contributed by atoms with Crippen LogP contribution in [0.1, 0.15) is 48.2 Å². The number of carboxylic acids is 1. The van der Waals surface area contributed by atoms with Crippen LogP contribution in [0.25, 0.3) is 0 Å². The number of nitrogens with zero attached hydrogens (tertiary/aromatic N) is 3. The maximum absolute atomic E-state index is 11.4. The van der Waals surface area contributed by atoms with Crippen LogP contribution >= 0.6 is 0 Å². The van der Waals surface area contributed by atoms with Crippen LogP contribution in [0.4, 0.5) is 5.82 Å². The van der Waals surface area contributed by atoms with E-state index in [2.05, 4.69) is 22.4 Å². The Bertz CT molecular complexity index is 540. The Hall–Kier alpha value is -1.56. The second kappa shape index (κ2) is 5.33. The number of hydrogen-bond donors (Lipinski definition) is 2. The summed E-state index contributed by atoms with van der Waals surface area (Å²) in [5, 5.41) is 17.1. The van der Waals surface area contributed by atoms with E-state index >= 15 is 0 Å². The first-order valence-electron chi connectivity index (χ1n) is 7.72. The van der Waals surface area contributed by atoms with Crippen molar-refractivity contribution in [3.8, 4) is 0 Å². The molecule has 2 atom stereocenters. The molecule has 2 N–H and O–H groups in total. The monoisotopic (exact) mass is 292 g/mol. The van der Waals surface area contributed by atoms with Crippen LogP contribution < -0.4 is 5.32 Å². The van der Waals surface area contributed by atoms with E-state index in [0.29, 0.717) is 35.2 Å². The van der Waals surface area contributed by atoms with Gasteiger partial charge >= 0.3 is 5.97 Å². The van der Waals surface area contributed by atoms with Gasteiger partial charge in [0.2, 0.25) is 0 Å². The first-order chi connectivity index (χ1) is 9.97. The molecule has 6 heteroatoms. The molecule has 0 radical (unpaired) electrons. The van der Waals surface area contributed by atoms with Gasteiger partial charge in [-0.2, -0.15) is 5.10 Å². The van der Waals surface area contributed by atoms with Gasteiger partial charge in [0.25, 0.3) is 0 Å². The standard InChI is InChI=1S/C15H24N4O2/c1-9-13(15(20)21)14(19(3)17-9)16-10-7-11-5-4-6-12(8-10)18(11)2/h10-12,16H,4-8H2,1-3H3,(H,20,21). The molecule has 2 unspecified atom stereocenters. The number of aryl methyl sites for hydroxylation is 2. The summed E-state index contributed by atoms with van der Waals surface area (Å²) in [4.78, 5) is 14.0. The number of aromatic carboxylic acids is 1. The predicted octanol–water partition coefficient (Wildman–Crippen LogP) is 1.85. The number of carboxylic acid groups (broad SMARTS) is 1. The quantitative estimate of drug-likeness (QED) is 0.890. The van der Waals surface area contributed by atoms with Gasteiger partial charge in [0.15, 0.2) is 0 Å². The van der Waals surface area contributed by atoms with Crippen LogP contribution in [0.5, 0.6) is 0 Å². The third-order valence-electron chi connectivity index (χ3n) is 5.12. The van der Waals surface area contributed by atoms with Crippen LogP contribution in [-0.4, -0.2) is 50.9 Å². The summed E-state index contributed by atoms with van der Waals surface area (Å²) in [7, 11) is 4.03. The Morgan fingerprint density at radius 1 is 1.29 bits per heavy atom. The number of aromatic nitrogens is 2. The van der Waals surface area contributed by atoms with Crippen LogP contribution in [0, 0.1) is 6.92 Å². The maximum atomic E-state index is 11.4. The number of fused-ring (bicyclic) bond motifs is 2. The molecule has 2 fully saturated rings. The lowest BCUT2D eigenvalue weighted by Gasteiger charge is -2.47. The van der Waals surface area contributed by atoms with Gasteiger partial charge in [-0.25, -0.2) is 4.79 Å². The van der Waals surface area contributed by atoms with E-state index in [4.69, 9.17) is 0 Å². The zero-order chi connectivity index (χ0) is 15.1. The Morgan fingerprint density at radius 2 is 1.90 bits per heavy atom. The van der Waals surface area contributed by atoms with Crippen LogP contribution in [0.2, 0.25) is 0 Å². The van der Waals surface area contributed by atoms with Crippen molar-refractivity contribution < 1.29 is 9.90 Å². The minimum Gasteiger partial charge on any atom is -0.477 e. The van der Waals surface area contributed by atoms with Gasteiger partial charge < -0.3 is 15.3 Å². The van der Waals surface area contributed by atoms with E-state index in [1.807, 2.05) is 0 Å². The highest BCUT2D eigenvalue weighted by Gasteiger charge is 2.36. The van der Waals surface area contributed by atoms with E-state index in [0.717, 1.165) is 12.8 Å². The summed E-state index contributed by atoms with van der Waals surface area (Å²) in [6.45, 7) is 1.75. The van der Waals surface area contributed by atoms with Gasteiger partial charge in [0.05, 0.1) is 5.69 Å². The Labute approximate surface area is 125 Å². The largest absolute Gasteiger partial charge is 0.477 e. The van der Waals surface area contributed by atoms with Crippen molar-refractivity contribution in [3.05, 3.63) is 11.3 Å². The molecule has 0 aliphatic carbocycles. The molecule has 0 spiro atoms. The molecule has 21 heavy (non-hydrogen) atoms. The molecule has 116 valence electrons. The van der Waals surface area contributed by atoms with Gasteiger partial charge in [-0.3, -0.25) is 4.68 Å². The summed E-state index contributed by atoms with van der Waals surface area (Å²) >= 11 is 0. The van der Waals surface area contributed by atoms with E-state index < -0.39 is 5.97 Å². The second-order valence-electron chi connectivity index (χ2n) is 6.45. The van der Waals surface area contributed by atoms with Crippen molar-refractivity contribution >= 4 is 11.8 Å². The van der Waals surface area contributed by atoms with Crippen molar-refractivity contribution in [2.75, 3.05) is 12.4 Å². The molecule has 3 heterocycles. The lowest BCUT2D eigenvalue weighted by Crippen LogP contribution is -2.53. The summed E-state index contributed by atoms with van der Waals surface area (Å²) < 4.78 is 1.66. The van der Waals surface area contributed by atoms with E-state index in [9.17, 15) is 9.90 Å². The number of carbonyl (C=O) groups is 1. The van der Waals surface area contributed by atoms with Crippen LogP contribution in [0.15, 0.2) is 0 Å². The molecule has 1 aromatic rings. The van der Waals surface area contributed by atoms with Crippen molar-refractivity contribution in [1.29, 1.82) is 0 Å². The van der Waals surface area contributed by atoms with Crippen molar-refractivity contribution in [2.24, 2.45) is 7.05 Å². The molecule has 2 saturated heterocycles. The summed E-state index contributed by atoms with van der Waals surface area (Å²) in [6, 6.07) is 1.58. The zero-order valence-corrected chi connectivity index (χ0v) is 13.0. The molecule has 1 aromatic heterocycles. The summed E-state index contributed by atoms with van der Waals surface area (Å²) in [5.74, 6) is -0.260. The normalized spacial score (nSPS) is 29.4. The fourth-order valence-electron chi connectivity index (χ4n) is 4.01. The molecular weight excluding hydrogens is 268 g/mol. The van der Waals surface area contributed by atoms with Gasteiger partial charge in [-0.15, -0.1) is 0 Å². The van der Waals surface area contributed by atoms with E-state index in [1.54, 1.807) is 18.7 Å². The van der Waals surface area contributed by atoms with Gasteiger partial charge in [-0.05, 0) is 39.7 Å². The minimum absolute atomic E-state index is 0.307. The van der Waals surface area contributed by atoms with E-state index in [-0.39, 0.29) is 0 Å². The highest BCUT2D eigenvalue weighted by Crippen LogP contribution is 2.34. The first kappa shape index (κ1) is 14.4. The molecule has 6 nitrogen and oxygen atoms in total. The number of nitrogens with one attached hydrogen (secondary N) is 1. The minimum atomic E-state index is -0.906. The average molecular weight is 292 g/mol. The zero-order valence-electron chi connectivity index (χ0n) is 13.0. The SMILES string of the molecule is Cc1nn(C)c(NC2CC3CCCC(C2)N3C)c1C(=O)O. The lowest BCUT2D eigenvalue weighted by molar-refractivity contribution is 0.0606. The van der Waals surface area contributed by atoms with Crippen molar-refractivity contribution in [1.82, 2.24) is 14.7 Å². The van der Waals surface area contributed by atoms with E-state index in [1.165, 1.54) is 19.3 Å². The average Bonchev–Trinajstić information content (AvgIpc) is 2.65. The van der Waals surface area contributed by atoms with Gasteiger partial charge in [0.1, 0.15) is 11.4 Å². The number of hydrogen-bond acceptors (Lipinski definition) is 4. The highest BCUT2D eigenvalue weighted by molar-refractivity contribution is 5.94. The fourth-order valence-corrected chi connectivity index (χ4v) is 4.01. The van der Waals surface area contributed by atoms with Crippen molar-refractivity contribution in [2.45, 2.75) is 57.2 Å². The second-order valence-corrected chi connectivity index (χ2v) is 6.45. The predicted molar refractivity (Wildman–Crippen MR) is 80.7 cm³/mol. The number of anilines is 1. The Balaban J connectivity index is 1.80. The van der Waals surface area contributed by atoms with Gasteiger partial charge in [-0.1, -0.05) is 6.42 Å². The first-order valence-corrected chi connectivity index (χ1v) is 7.72. The highest BCUT2D eigenvalue weighted by atomic mass is 16.4. The molecule has 0 amide bonds. The molecule has 2 aliphatic heterocycles. The van der Waals surface area contributed by atoms with Crippen LogP contribution in [-0.2, 0) is 7.05 Å². The molecule has 2 bridgehead atoms. The molecule has 0 aromatic carbocycles. The van der Waals surface area contributed by atoms with Crippen LogP contribution in [0.3, 0.4) is 0 Å². The van der Waals surface area contributed by atoms with Crippen molar-refractivity contribution in [3.63, 3.8) is 0 Å². The molecular formula is C15H24N4O2. The smallest absolute Gasteiger partial charge is 0.341 e.